The molecule has 0 radical (unpaired) electrons. The predicted molar refractivity (Wildman–Crippen MR) is 119 cm³/mol. The van der Waals surface area contributed by atoms with Crippen LogP contribution in [-0.2, 0) is 14.4 Å². The van der Waals surface area contributed by atoms with Crippen LogP contribution in [0.5, 0.6) is 0 Å². The molecule has 3 heterocycles. The minimum Gasteiger partial charge on any atom is -0.478 e. The molecule has 0 bridgehead atoms. The molecule has 11 heteroatoms. The van der Waals surface area contributed by atoms with Crippen molar-refractivity contribution in [1.82, 2.24) is 9.97 Å². The van der Waals surface area contributed by atoms with Crippen molar-refractivity contribution in [1.29, 1.82) is 0 Å². The van der Waals surface area contributed by atoms with E-state index in [0.717, 1.165) is 65.7 Å². The van der Waals surface area contributed by atoms with E-state index in [1.54, 1.807) is 6.20 Å². The number of anilines is 2. The molecular weight excluding hydrogens is 470 g/mol. The molecule has 1 saturated heterocycles. The van der Waals surface area contributed by atoms with Gasteiger partial charge in [0.05, 0.1) is 21.2 Å². The number of nitrogens with one attached hydrogen (secondary N) is 2. The maximum absolute atomic E-state index is 12.2. The van der Waals surface area contributed by atoms with Gasteiger partial charge in [-0.25, -0.2) is 14.6 Å². The molecule has 1 aliphatic carbocycles. The third kappa shape index (κ3) is 6.05. The number of halogens is 1. The Kier molecular flexibility index (Phi) is 7.29. The van der Waals surface area contributed by atoms with Gasteiger partial charge in [0.15, 0.2) is 0 Å². The second kappa shape index (κ2) is 9.92. The highest BCUT2D eigenvalue weighted by Gasteiger charge is 2.31. The Hall–Kier alpha value is -2.92. The fourth-order valence-electron chi connectivity index (χ4n) is 3.40. The van der Waals surface area contributed by atoms with Crippen LogP contribution in [0.3, 0.4) is 0 Å². The zero-order valence-electron chi connectivity index (χ0n) is 16.7. The topological polar surface area (TPSA) is 162 Å². The van der Waals surface area contributed by atoms with Crippen LogP contribution >= 0.6 is 15.9 Å². The molecule has 6 N–H and O–H groups in total. The number of fused-ring (bicyclic) bond motifs is 1. The van der Waals surface area contributed by atoms with Gasteiger partial charge >= 0.3 is 11.9 Å². The summed E-state index contributed by atoms with van der Waals surface area (Å²) < 4.78 is 0.931. The minimum atomic E-state index is -1.26. The lowest BCUT2D eigenvalue weighted by molar-refractivity contribution is -0.134. The van der Waals surface area contributed by atoms with Crippen molar-refractivity contribution in [2.75, 3.05) is 23.3 Å². The Morgan fingerprint density at radius 2 is 1.90 bits per heavy atom. The fraction of sp³-hybridized carbons (Fsp3) is 0.400. The SMILES string of the molecule is N[C@@H]1CCCN(c2c(Br)cnc3[nH]cc(NC(=O)C4CC4)c23)C1.O=C(O)C=CC(=O)O. The molecule has 2 aliphatic rings. The lowest BCUT2D eigenvalue weighted by Crippen LogP contribution is -2.43. The molecular formula is C20H24BrN5O5. The van der Waals surface area contributed by atoms with E-state index in [0.29, 0.717) is 12.2 Å². The van der Waals surface area contributed by atoms with Gasteiger partial charge in [0.2, 0.25) is 5.91 Å². The maximum Gasteiger partial charge on any atom is 0.328 e. The number of H-pyrrole nitrogens is 1. The average Bonchev–Trinajstić information content (AvgIpc) is 3.49. The number of aromatic amines is 1. The molecule has 4 rings (SSSR count). The highest BCUT2D eigenvalue weighted by Crippen LogP contribution is 2.39. The smallest absolute Gasteiger partial charge is 0.328 e. The number of carboxylic acid groups (broad SMARTS) is 2. The Morgan fingerprint density at radius 1 is 1.23 bits per heavy atom. The number of aliphatic carboxylic acids is 2. The van der Waals surface area contributed by atoms with E-state index in [1.807, 2.05) is 6.20 Å². The van der Waals surface area contributed by atoms with Gasteiger partial charge in [0.25, 0.3) is 0 Å². The molecule has 1 atom stereocenters. The average molecular weight is 494 g/mol. The van der Waals surface area contributed by atoms with Crippen LogP contribution in [-0.4, -0.2) is 57.2 Å². The number of aromatic nitrogens is 2. The van der Waals surface area contributed by atoms with Crippen molar-refractivity contribution in [2.24, 2.45) is 11.7 Å². The number of rotatable bonds is 5. The van der Waals surface area contributed by atoms with Crippen LogP contribution in [0.1, 0.15) is 25.7 Å². The molecule has 0 unspecified atom stereocenters. The summed E-state index contributed by atoms with van der Waals surface area (Å²) in [7, 11) is 0. The van der Waals surface area contributed by atoms with E-state index in [9.17, 15) is 14.4 Å². The van der Waals surface area contributed by atoms with Crippen molar-refractivity contribution in [2.45, 2.75) is 31.7 Å². The zero-order chi connectivity index (χ0) is 22.5. The van der Waals surface area contributed by atoms with Crippen molar-refractivity contribution in [3.05, 3.63) is 29.0 Å². The van der Waals surface area contributed by atoms with Crippen molar-refractivity contribution >= 4 is 56.2 Å². The first-order valence-corrected chi connectivity index (χ1v) is 10.7. The third-order valence-corrected chi connectivity index (χ3v) is 5.56. The monoisotopic (exact) mass is 493 g/mol. The van der Waals surface area contributed by atoms with Gasteiger partial charge in [-0.2, -0.15) is 0 Å². The second-order valence-corrected chi connectivity index (χ2v) is 8.36. The van der Waals surface area contributed by atoms with Crippen LogP contribution in [0.2, 0.25) is 0 Å². The van der Waals surface area contributed by atoms with Gasteiger partial charge in [-0.1, -0.05) is 0 Å². The number of nitrogens with zero attached hydrogens (tertiary/aromatic N) is 2. The first-order chi connectivity index (χ1) is 14.8. The van der Waals surface area contributed by atoms with E-state index in [2.05, 4.69) is 36.1 Å². The largest absolute Gasteiger partial charge is 0.478 e. The van der Waals surface area contributed by atoms with Crippen LogP contribution in [0.15, 0.2) is 29.0 Å². The molecule has 1 amide bonds. The van der Waals surface area contributed by atoms with Crippen molar-refractivity contribution < 1.29 is 24.6 Å². The molecule has 166 valence electrons. The van der Waals surface area contributed by atoms with Gasteiger partial charge in [-0.3, -0.25) is 4.79 Å². The van der Waals surface area contributed by atoms with Gasteiger partial charge in [-0.15, -0.1) is 0 Å². The van der Waals surface area contributed by atoms with Gasteiger partial charge in [0, 0.05) is 49.6 Å². The molecule has 0 spiro atoms. The van der Waals surface area contributed by atoms with Crippen LogP contribution in [0.25, 0.3) is 11.0 Å². The van der Waals surface area contributed by atoms with Crippen LogP contribution in [0, 0.1) is 5.92 Å². The first-order valence-electron chi connectivity index (χ1n) is 9.87. The number of hydrogen-bond acceptors (Lipinski definition) is 6. The number of carboxylic acids is 2. The number of amides is 1. The van der Waals surface area contributed by atoms with E-state index in [1.165, 1.54) is 0 Å². The molecule has 10 nitrogen and oxygen atoms in total. The molecule has 2 aromatic heterocycles. The second-order valence-electron chi connectivity index (χ2n) is 7.50. The normalized spacial score (nSPS) is 18.5. The first kappa shape index (κ1) is 22.8. The van der Waals surface area contributed by atoms with Gasteiger partial charge in [-0.05, 0) is 41.6 Å². The quantitative estimate of drug-likeness (QED) is 0.396. The lowest BCUT2D eigenvalue weighted by Gasteiger charge is -2.33. The minimum absolute atomic E-state index is 0.104. The highest BCUT2D eigenvalue weighted by molar-refractivity contribution is 9.10. The lowest BCUT2D eigenvalue weighted by atomic mass is 10.1. The number of nitrogens with two attached hydrogens (primary N) is 1. The summed E-state index contributed by atoms with van der Waals surface area (Å²) in [4.78, 5) is 41.2. The van der Waals surface area contributed by atoms with Gasteiger partial charge < -0.3 is 31.1 Å². The fourth-order valence-corrected chi connectivity index (χ4v) is 3.95. The third-order valence-electron chi connectivity index (χ3n) is 4.98. The number of hydrogen-bond donors (Lipinski definition) is 5. The van der Waals surface area contributed by atoms with E-state index >= 15 is 0 Å². The summed E-state index contributed by atoms with van der Waals surface area (Å²) in [6.45, 7) is 1.78. The Balaban J connectivity index is 0.000000293. The Morgan fingerprint density at radius 3 is 2.48 bits per heavy atom. The van der Waals surface area contributed by atoms with Crippen LogP contribution < -0.4 is 16.0 Å². The predicted octanol–water partition coefficient (Wildman–Crippen LogP) is 2.31. The van der Waals surface area contributed by atoms with Crippen molar-refractivity contribution in [3.8, 4) is 0 Å². The summed E-state index contributed by atoms with van der Waals surface area (Å²) in [5.74, 6) is -2.24. The standard InChI is InChI=1S/C16H20BrN5O.C4H4O4/c17-11-6-19-15-13(14(11)22-5-1-2-10(18)8-22)12(7-20-15)21-16(23)9-3-4-9;5-3(6)1-2-4(7)8/h6-7,9-10H,1-5,8,18H2,(H,19,20)(H,21,23);1-2H,(H,5,6)(H,7,8)/t10-;/m1./s1. The molecule has 1 aliphatic heterocycles. The summed E-state index contributed by atoms with van der Waals surface area (Å²) in [6, 6.07) is 0.183. The van der Waals surface area contributed by atoms with Gasteiger partial charge in [0.1, 0.15) is 5.65 Å². The summed E-state index contributed by atoms with van der Waals surface area (Å²) >= 11 is 3.63. The highest BCUT2D eigenvalue weighted by atomic mass is 79.9. The maximum atomic E-state index is 12.2. The number of piperidine rings is 1. The number of carbonyl (C=O) groups is 3. The van der Waals surface area contributed by atoms with Crippen LogP contribution in [0.4, 0.5) is 11.4 Å². The molecule has 2 aromatic rings. The summed E-state index contributed by atoms with van der Waals surface area (Å²) in [5, 5.41) is 19.6. The molecule has 1 saturated carbocycles. The van der Waals surface area contributed by atoms with E-state index in [-0.39, 0.29) is 17.9 Å². The zero-order valence-corrected chi connectivity index (χ0v) is 18.3. The molecule has 31 heavy (non-hydrogen) atoms. The molecule has 2 fully saturated rings. The molecule has 0 aromatic carbocycles. The number of pyridine rings is 1. The number of carbonyl (C=O) groups excluding carboxylic acids is 1. The van der Waals surface area contributed by atoms with E-state index < -0.39 is 11.9 Å². The summed E-state index contributed by atoms with van der Waals surface area (Å²) in [5.41, 5.74) is 8.81. The Labute approximate surface area is 186 Å². The summed E-state index contributed by atoms with van der Waals surface area (Å²) in [6.07, 6.45) is 8.86. The van der Waals surface area contributed by atoms with E-state index in [4.69, 9.17) is 15.9 Å². The Bertz CT molecular complexity index is 1000. The van der Waals surface area contributed by atoms with Crippen molar-refractivity contribution in [3.63, 3.8) is 0 Å².